The third-order valence-electron chi connectivity index (χ3n) is 5.13. The maximum Gasteiger partial charge on any atom is -0.0169 e. The van der Waals surface area contributed by atoms with Gasteiger partial charge in [-0.25, -0.2) is 0 Å². The molecule has 0 heterocycles. The van der Waals surface area contributed by atoms with Crippen LogP contribution >= 0.6 is 0 Å². The maximum atomic E-state index is 2.49. The Bertz CT molecular complexity index is 297. The summed E-state index contributed by atoms with van der Waals surface area (Å²) >= 11 is 0. The molecule has 2 aliphatic carbocycles. The quantitative estimate of drug-likeness (QED) is 0.569. The van der Waals surface area contributed by atoms with E-state index in [0.29, 0.717) is 0 Å². The van der Waals surface area contributed by atoms with E-state index in [2.05, 4.69) is 32.1 Å². The molecule has 0 spiro atoms. The van der Waals surface area contributed by atoms with E-state index >= 15 is 0 Å². The fourth-order valence-corrected chi connectivity index (χ4v) is 4.01. The summed E-state index contributed by atoms with van der Waals surface area (Å²) in [5, 5.41) is 0. The zero-order chi connectivity index (χ0) is 12.8. The van der Waals surface area contributed by atoms with E-state index < -0.39 is 0 Å². The van der Waals surface area contributed by atoms with Crippen LogP contribution in [0.4, 0.5) is 0 Å². The van der Waals surface area contributed by atoms with Crippen LogP contribution in [0.25, 0.3) is 0 Å². The van der Waals surface area contributed by atoms with Crippen LogP contribution in [0.15, 0.2) is 23.8 Å². The Labute approximate surface area is 114 Å². The second-order valence-corrected chi connectivity index (χ2v) is 6.20. The molecule has 0 N–H and O–H groups in total. The molecule has 0 bridgehead atoms. The molecule has 3 unspecified atom stereocenters. The first-order chi connectivity index (χ1) is 8.86. The average molecular weight is 246 g/mol. The monoisotopic (exact) mass is 246 g/mol. The summed E-state index contributed by atoms with van der Waals surface area (Å²) in [5.74, 6) is 2.75. The minimum atomic E-state index is 0.880. The summed E-state index contributed by atoms with van der Waals surface area (Å²) in [6, 6.07) is 0. The highest BCUT2D eigenvalue weighted by atomic mass is 14.4. The predicted molar refractivity (Wildman–Crippen MR) is 80.6 cm³/mol. The Morgan fingerprint density at radius 2 is 1.89 bits per heavy atom. The minimum Gasteiger partial charge on any atom is -0.0845 e. The summed E-state index contributed by atoms with van der Waals surface area (Å²) < 4.78 is 0. The standard InChI is InChI=1S/C18H30/c1-3-15-14-16(4-2)18-13-11-9-7-5-6-8-10-12-17(15)18/h8,10,12,15-16,18H,3-7,9,11,13-14H2,1-2H3/b10-8+,17-12?. The molecule has 0 aromatic heterocycles. The Balaban J connectivity index is 2.16. The van der Waals surface area contributed by atoms with Gasteiger partial charge in [0.1, 0.15) is 0 Å². The third kappa shape index (κ3) is 3.28. The van der Waals surface area contributed by atoms with Crippen molar-refractivity contribution in [2.45, 2.75) is 71.6 Å². The van der Waals surface area contributed by atoms with Gasteiger partial charge in [0.2, 0.25) is 0 Å². The van der Waals surface area contributed by atoms with Crippen LogP contribution in [0.3, 0.4) is 0 Å². The van der Waals surface area contributed by atoms with Crippen LogP contribution in [-0.4, -0.2) is 0 Å². The van der Waals surface area contributed by atoms with Crippen molar-refractivity contribution in [3.63, 3.8) is 0 Å². The molecule has 1 saturated carbocycles. The molecule has 0 aromatic carbocycles. The molecule has 0 saturated heterocycles. The SMILES string of the molecule is CCC1CC(CC)C2CCCCCC/C=C/C=C12. The normalized spacial score (nSPS) is 35.4. The van der Waals surface area contributed by atoms with Crippen LogP contribution in [0.1, 0.15) is 71.6 Å². The van der Waals surface area contributed by atoms with E-state index in [0.717, 1.165) is 17.8 Å². The number of hydrogen-bond donors (Lipinski definition) is 0. The van der Waals surface area contributed by atoms with Gasteiger partial charge in [-0.1, -0.05) is 63.3 Å². The number of hydrogen-bond acceptors (Lipinski definition) is 0. The Hall–Kier alpha value is -0.520. The summed E-state index contributed by atoms with van der Waals surface area (Å²) in [4.78, 5) is 0. The molecule has 0 aliphatic heterocycles. The van der Waals surface area contributed by atoms with E-state index in [1.54, 1.807) is 5.57 Å². The fourth-order valence-electron chi connectivity index (χ4n) is 4.01. The van der Waals surface area contributed by atoms with Crippen LogP contribution in [-0.2, 0) is 0 Å². The van der Waals surface area contributed by atoms with Gasteiger partial charge in [0.15, 0.2) is 0 Å². The average Bonchev–Trinajstić information content (AvgIpc) is 2.71. The lowest BCUT2D eigenvalue weighted by atomic mass is 9.86. The second kappa shape index (κ2) is 7.16. The van der Waals surface area contributed by atoms with Crippen molar-refractivity contribution in [1.82, 2.24) is 0 Å². The van der Waals surface area contributed by atoms with Crippen molar-refractivity contribution >= 4 is 0 Å². The number of rotatable bonds is 2. The van der Waals surface area contributed by atoms with Gasteiger partial charge in [-0.05, 0) is 49.9 Å². The van der Waals surface area contributed by atoms with E-state index in [1.807, 2.05) is 0 Å². The highest BCUT2D eigenvalue weighted by Gasteiger charge is 2.35. The molecule has 2 aliphatic rings. The first kappa shape index (κ1) is 13.9. The van der Waals surface area contributed by atoms with Gasteiger partial charge >= 0.3 is 0 Å². The fraction of sp³-hybridized carbons (Fsp3) is 0.778. The molecule has 0 nitrogen and oxygen atoms in total. The Morgan fingerprint density at radius 1 is 1.06 bits per heavy atom. The van der Waals surface area contributed by atoms with Crippen molar-refractivity contribution in [3.05, 3.63) is 23.8 Å². The molecule has 18 heavy (non-hydrogen) atoms. The van der Waals surface area contributed by atoms with Gasteiger partial charge in [-0.2, -0.15) is 0 Å². The summed E-state index contributed by atoms with van der Waals surface area (Å²) in [7, 11) is 0. The van der Waals surface area contributed by atoms with Crippen molar-refractivity contribution in [2.75, 3.05) is 0 Å². The maximum absolute atomic E-state index is 2.49. The van der Waals surface area contributed by atoms with E-state index in [9.17, 15) is 0 Å². The van der Waals surface area contributed by atoms with Crippen LogP contribution < -0.4 is 0 Å². The van der Waals surface area contributed by atoms with Crippen molar-refractivity contribution < 1.29 is 0 Å². The van der Waals surface area contributed by atoms with Crippen molar-refractivity contribution in [2.24, 2.45) is 17.8 Å². The van der Waals surface area contributed by atoms with Gasteiger partial charge < -0.3 is 0 Å². The molecule has 0 aromatic rings. The summed E-state index contributed by atoms with van der Waals surface area (Å²) in [5.41, 5.74) is 1.79. The highest BCUT2D eigenvalue weighted by Crippen LogP contribution is 2.46. The molecule has 1 fully saturated rings. The predicted octanol–water partition coefficient (Wildman–Crippen LogP) is 5.90. The van der Waals surface area contributed by atoms with Crippen LogP contribution in [0.5, 0.6) is 0 Å². The summed E-state index contributed by atoms with van der Waals surface area (Å²) in [6.07, 6.45) is 19.9. The number of fused-ring (bicyclic) bond motifs is 1. The lowest BCUT2D eigenvalue weighted by Crippen LogP contribution is -2.08. The molecule has 102 valence electrons. The molecular formula is C18H30. The smallest absolute Gasteiger partial charge is 0.0169 e. The molecule has 0 heteroatoms. The van der Waals surface area contributed by atoms with Crippen molar-refractivity contribution in [3.8, 4) is 0 Å². The zero-order valence-electron chi connectivity index (χ0n) is 12.3. The van der Waals surface area contributed by atoms with Crippen LogP contribution in [0, 0.1) is 17.8 Å². The molecular weight excluding hydrogens is 216 g/mol. The van der Waals surface area contributed by atoms with Gasteiger partial charge in [-0.3, -0.25) is 0 Å². The highest BCUT2D eigenvalue weighted by molar-refractivity contribution is 5.23. The van der Waals surface area contributed by atoms with Gasteiger partial charge in [0.05, 0.1) is 0 Å². The zero-order valence-corrected chi connectivity index (χ0v) is 12.3. The first-order valence-electron chi connectivity index (χ1n) is 8.23. The van der Waals surface area contributed by atoms with E-state index in [4.69, 9.17) is 0 Å². The van der Waals surface area contributed by atoms with E-state index in [1.165, 1.54) is 57.8 Å². The molecule has 3 atom stereocenters. The Morgan fingerprint density at radius 3 is 2.67 bits per heavy atom. The van der Waals surface area contributed by atoms with Gasteiger partial charge in [0.25, 0.3) is 0 Å². The van der Waals surface area contributed by atoms with Gasteiger partial charge in [-0.15, -0.1) is 0 Å². The topological polar surface area (TPSA) is 0 Å². The Kier molecular flexibility index (Phi) is 5.53. The molecule has 0 amide bonds. The summed E-state index contributed by atoms with van der Waals surface area (Å²) in [6.45, 7) is 4.76. The minimum absolute atomic E-state index is 0.880. The molecule has 2 rings (SSSR count). The third-order valence-corrected chi connectivity index (χ3v) is 5.13. The van der Waals surface area contributed by atoms with Gasteiger partial charge in [0, 0.05) is 0 Å². The lowest BCUT2D eigenvalue weighted by molar-refractivity contribution is 0.368. The number of allylic oxidation sites excluding steroid dienone is 4. The molecule has 0 radical (unpaired) electrons. The largest absolute Gasteiger partial charge is 0.0845 e. The first-order valence-corrected chi connectivity index (χ1v) is 8.23. The lowest BCUT2D eigenvalue weighted by Gasteiger charge is -2.19. The van der Waals surface area contributed by atoms with Crippen molar-refractivity contribution in [1.29, 1.82) is 0 Å². The van der Waals surface area contributed by atoms with Crippen LogP contribution in [0.2, 0.25) is 0 Å². The van der Waals surface area contributed by atoms with E-state index in [-0.39, 0.29) is 0 Å². The second-order valence-electron chi connectivity index (χ2n) is 6.20.